The van der Waals surface area contributed by atoms with Gasteiger partial charge in [0.1, 0.15) is 11.7 Å². The summed E-state index contributed by atoms with van der Waals surface area (Å²) in [6, 6.07) is 1.91. The minimum atomic E-state index is 0.179. The van der Waals surface area contributed by atoms with E-state index in [-0.39, 0.29) is 5.41 Å². The van der Waals surface area contributed by atoms with Crippen molar-refractivity contribution in [2.45, 2.75) is 32.7 Å². The highest BCUT2D eigenvalue weighted by atomic mass is 16.4. The molecular weight excluding hydrogens is 230 g/mol. The third kappa shape index (κ3) is 3.40. The molecule has 0 aliphatic heterocycles. The number of nitrogens with one attached hydrogen (secondary N) is 1. The van der Waals surface area contributed by atoms with Crippen molar-refractivity contribution in [3.63, 3.8) is 0 Å². The van der Waals surface area contributed by atoms with Crippen LogP contribution in [-0.2, 0) is 6.54 Å². The molecule has 0 atom stereocenters. The SMILES string of the molecule is Cc1nccc(CNCC2(CC(N)=NO)CC2)n1. The maximum atomic E-state index is 8.59. The van der Waals surface area contributed by atoms with Gasteiger partial charge in [-0.1, -0.05) is 5.16 Å². The van der Waals surface area contributed by atoms with Crippen molar-refractivity contribution in [3.05, 3.63) is 23.8 Å². The molecule has 1 fully saturated rings. The standard InChI is InChI=1S/C12H19N5O/c1-9-15-5-2-10(16-9)7-14-8-12(3-4-12)6-11(13)17-18/h2,5,14,18H,3-4,6-8H2,1H3,(H2,13,17). The van der Waals surface area contributed by atoms with E-state index in [2.05, 4.69) is 20.4 Å². The van der Waals surface area contributed by atoms with Crippen molar-refractivity contribution >= 4 is 5.84 Å². The van der Waals surface area contributed by atoms with Crippen molar-refractivity contribution in [3.8, 4) is 0 Å². The zero-order valence-corrected chi connectivity index (χ0v) is 10.6. The molecule has 0 aromatic carbocycles. The fraction of sp³-hybridized carbons (Fsp3) is 0.583. The van der Waals surface area contributed by atoms with Crippen LogP contribution in [0.4, 0.5) is 0 Å². The molecule has 0 radical (unpaired) electrons. The fourth-order valence-electron chi connectivity index (χ4n) is 2.07. The number of amidine groups is 1. The van der Waals surface area contributed by atoms with E-state index in [0.717, 1.165) is 37.4 Å². The Hall–Kier alpha value is -1.69. The Morgan fingerprint density at radius 2 is 2.39 bits per heavy atom. The van der Waals surface area contributed by atoms with Crippen molar-refractivity contribution in [2.75, 3.05) is 6.54 Å². The molecule has 0 amide bonds. The molecular formula is C12H19N5O. The number of oxime groups is 1. The number of rotatable bonds is 6. The van der Waals surface area contributed by atoms with Gasteiger partial charge in [0.2, 0.25) is 0 Å². The lowest BCUT2D eigenvalue weighted by atomic mass is 10.0. The number of hydrogen-bond donors (Lipinski definition) is 3. The molecule has 1 aliphatic rings. The Labute approximate surface area is 106 Å². The molecule has 1 saturated carbocycles. The van der Waals surface area contributed by atoms with Crippen molar-refractivity contribution in [2.24, 2.45) is 16.3 Å². The van der Waals surface area contributed by atoms with E-state index in [0.29, 0.717) is 12.3 Å². The third-order valence-corrected chi connectivity index (χ3v) is 3.28. The number of nitrogens with two attached hydrogens (primary N) is 1. The average Bonchev–Trinajstić information content (AvgIpc) is 3.09. The number of hydrogen-bond acceptors (Lipinski definition) is 5. The second-order valence-electron chi connectivity index (χ2n) is 4.97. The number of aryl methyl sites for hydroxylation is 1. The summed E-state index contributed by atoms with van der Waals surface area (Å²) in [4.78, 5) is 8.39. The van der Waals surface area contributed by atoms with Gasteiger partial charge in [-0.3, -0.25) is 0 Å². The quantitative estimate of drug-likeness (QED) is 0.300. The van der Waals surface area contributed by atoms with Crippen LogP contribution in [0.5, 0.6) is 0 Å². The summed E-state index contributed by atoms with van der Waals surface area (Å²) in [5, 5.41) is 15.0. The molecule has 0 unspecified atom stereocenters. The minimum Gasteiger partial charge on any atom is -0.409 e. The lowest BCUT2D eigenvalue weighted by Gasteiger charge is -2.14. The first-order chi connectivity index (χ1) is 8.63. The second-order valence-corrected chi connectivity index (χ2v) is 4.97. The monoisotopic (exact) mass is 249 g/mol. The fourth-order valence-corrected chi connectivity index (χ4v) is 2.07. The predicted octanol–water partition coefficient (Wildman–Crippen LogP) is 0.791. The largest absolute Gasteiger partial charge is 0.409 e. The average molecular weight is 249 g/mol. The van der Waals surface area contributed by atoms with Crippen LogP contribution in [0, 0.1) is 12.3 Å². The van der Waals surface area contributed by atoms with E-state index >= 15 is 0 Å². The normalized spacial score (nSPS) is 17.7. The molecule has 6 nitrogen and oxygen atoms in total. The van der Waals surface area contributed by atoms with Gasteiger partial charge in [0, 0.05) is 25.7 Å². The van der Waals surface area contributed by atoms with Gasteiger partial charge in [-0.15, -0.1) is 0 Å². The zero-order valence-electron chi connectivity index (χ0n) is 10.6. The van der Waals surface area contributed by atoms with Crippen molar-refractivity contribution in [1.29, 1.82) is 0 Å². The zero-order chi connectivity index (χ0) is 13.0. The first kappa shape index (κ1) is 12.8. The van der Waals surface area contributed by atoms with E-state index < -0.39 is 0 Å². The molecule has 18 heavy (non-hydrogen) atoms. The van der Waals surface area contributed by atoms with Gasteiger partial charge in [-0.05, 0) is 31.2 Å². The van der Waals surface area contributed by atoms with Crippen LogP contribution < -0.4 is 11.1 Å². The Balaban J connectivity index is 1.79. The minimum absolute atomic E-state index is 0.179. The summed E-state index contributed by atoms with van der Waals surface area (Å²) in [5.74, 6) is 1.10. The Morgan fingerprint density at radius 1 is 1.61 bits per heavy atom. The highest BCUT2D eigenvalue weighted by molar-refractivity contribution is 5.80. The number of nitrogens with zero attached hydrogens (tertiary/aromatic N) is 3. The van der Waals surface area contributed by atoms with Crippen LogP contribution in [0.15, 0.2) is 17.4 Å². The smallest absolute Gasteiger partial charge is 0.139 e. The third-order valence-electron chi connectivity index (χ3n) is 3.28. The van der Waals surface area contributed by atoms with Gasteiger partial charge in [-0.25, -0.2) is 9.97 Å². The van der Waals surface area contributed by atoms with Crippen molar-refractivity contribution < 1.29 is 5.21 Å². The van der Waals surface area contributed by atoms with Gasteiger partial charge in [0.15, 0.2) is 0 Å². The lowest BCUT2D eigenvalue weighted by molar-refractivity contribution is 0.314. The summed E-state index contributed by atoms with van der Waals surface area (Å²) >= 11 is 0. The van der Waals surface area contributed by atoms with Gasteiger partial charge in [0.25, 0.3) is 0 Å². The summed E-state index contributed by atoms with van der Waals surface area (Å²) in [7, 11) is 0. The van der Waals surface area contributed by atoms with Gasteiger partial charge >= 0.3 is 0 Å². The summed E-state index contributed by atoms with van der Waals surface area (Å²) < 4.78 is 0. The van der Waals surface area contributed by atoms with Crippen molar-refractivity contribution in [1.82, 2.24) is 15.3 Å². The summed E-state index contributed by atoms with van der Waals surface area (Å²) in [6.45, 7) is 3.47. The highest BCUT2D eigenvalue weighted by Crippen LogP contribution is 2.48. The van der Waals surface area contributed by atoms with Gasteiger partial charge in [-0.2, -0.15) is 0 Å². The van der Waals surface area contributed by atoms with E-state index in [9.17, 15) is 0 Å². The summed E-state index contributed by atoms with van der Waals surface area (Å²) in [6.07, 6.45) is 4.67. The molecule has 6 heteroatoms. The Morgan fingerprint density at radius 3 is 3.00 bits per heavy atom. The van der Waals surface area contributed by atoms with E-state index in [1.54, 1.807) is 6.20 Å². The van der Waals surface area contributed by atoms with Gasteiger partial charge < -0.3 is 16.3 Å². The van der Waals surface area contributed by atoms with E-state index in [1.165, 1.54) is 0 Å². The molecule has 0 bridgehead atoms. The molecule has 1 aromatic heterocycles. The highest BCUT2D eigenvalue weighted by Gasteiger charge is 2.42. The van der Waals surface area contributed by atoms with Gasteiger partial charge in [0.05, 0.1) is 5.69 Å². The molecule has 2 rings (SSSR count). The van der Waals surface area contributed by atoms with Crippen LogP contribution in [0.1, 0.15) is 30.8 Å². The topological polar surface area (TPSA) is 96.4 Å². The summed E-state index contributed by atoms with van der Waals surface area (Å²) in [5.41, 5.74) is 6.72. The van der Waals surface area contributed by atoms with Crippen LogP contribution in [0.25, 0.3) is 0 Å². The molecule has 98 valence electrons. The molecule has 0 saturated heterocycles. The van der Waals surface area contributed by atoms with E-state index in [4.69, 9.17) is 10.9 Å². The maximum Gasteiger partial charge on any atom is 0.139 e. The maximum absolute atomic E-state index is 8.59. The first-order valence-corrected chi connectivity index (χ1v) is 6.09. The molecule has 0 spiro atoms. The second kappa shape index (κ2) is 5.30. The Kier molecular flexibility index (Phi) is 3.76. The predicted molar refractivity (Wildman–Crippen MR) is 68.2 cm³/mol. The van der Waals surface area contributed by atoms with Crippen LogP contribution in [-0.4, -0.2) is 27.6 Å². The first-order valence-electron chi connectivity index (χ1n) is 6.09. The van der Waals surface area contributed by atoms with Crippen LogP contribution in [0.3, 0.4) is 0 Å². The van der Waals surface area contributed by atoms with Crippen LogP contribution >= 0.6 is 0 Å². The van der Waals surface area contributed by atoms with Crippen LogP contribution in [0.2, 0.25) is 0 Å². The molecule has 1 aromatic rings. The molecule has 1 aliphatic carbocycles. The molecule has 4 N–H and O–H groups in total. The number of aromatic nitrogens is 2. The lowest BCUT2D eigenvalue weighted by Crippen LogP contribution is -2.28. The van der Waals surface area contributed by atoms with E-state index in [1.807, 2.05) is 13.0 Å². The Bertz CT molecular complexity index is 442. The molecule has 1 heterocycles.